The van der Waals surface area contributed by atoms with Gasteiger partial charge in [-0.2, -0.15) is 0 Å². The summed E-state index contributed by atoms with van der Waals surface area (Å²) in [5, 5.41) is 2.82. The molecule has 1 amide bonds. The number of amides is 1. The number of nitrogens with zero attached hydrogens (tertiary/aromatic N) is 2. The summed E-state index contributed by atoms with van der Waals surface area (Å²) in [5.74, 6) is 5.83. The summed E-state index contributed by atoms with van der Waals surface area (Å²) in [6, 6.07) is 16.7. The van der Waals surface area contributed by atoms with Crippen LogP contribution in [0.5, 0.6) is 0 Å². The van der Waals surface area contributed by atoms with Crippen molar-refractivity contribution in [1.29, 1.82) is 0 Å². The van der Waals surface area contributed by atoms with E-state index in [-0.39, 0.29) is 5.91 Å². The molecule has 2 heterocycles. The standard InChI is InChI=1S/C21H15N3O/c25-21(12-10-18-6-4-13-22-16-18)24-20-8-3-5-17(15-20)9-11-19-7-1-2-14-23-19/h1-8,10,12-16H,(H,24,25). The van der Waals surface area contributed by atoms with Crippen molar-refractivity contribution in [3.8, 4) is 11.8 Å². The molecule has 1 aromatic carbocycles. The second kappa shape index (κ2) is 8.23. The van der Waals surface area contributed by atoms with Crippen LogP contribution in [0.3, 0.4) is 0 Å². The number of pyridine rings is 2. The van der Waals surface area contributed by atoms with Crippen LogP contribution >= 0.6 is 0 Å². The molecule has 0 saturated heterocycles. The van der Waals surface area contributed by atoms with E-state index in [0.29, 0.717) is 11.4 Å². The Hall–Kier alpha value is -3.71. The van der Waals surface area contributed by atoms with Crippen LogP contribution in [0.25, 0.3) is 6.08 Å². The van der Waals surface area contributed by atoms with Crippen molar-refractivity contribution in [3.05, 3.63) is 96.1 Å². The van der Waals surface area contributed by atoms with Crippen molar-refractivity contribution < 1.29 is 4.79 Å². The second-order valence-corrected chi connectivity index (χ2v) is 5.15. The van der Waals surface area contributed by atoms with Gasteiger partial charge in [0.2, 0.25) is 5.91 Å². The zero-order valence-electron chi connectivity index (χ0n) is 13.4. The molecule has 0 spiro atoms. The van der Waals surface area contributed by atoms with E-state index in [1.54, 1.807) is 24.7 Å². The van der Waals surface area contributed by atoms with E-state index < -0.39 is 0 Å². The van der Waals surface area contributed by atoms with Crippen LogP contribution in [0.4, 0.5) is 5.69 Å². The minimum atomic E-state index is -0.210. The summed E-state index contributed by atoms with van der Waals surface area (Å²) in [4.78, 5) is 20.2. The molecule has 4 heteroatoms. The van der Waals surface area contributed by atoms with Gasteiger partial charge in [-0.05, 0) is 54.0 Å². The molecule has 0 fully saturated rings. The van der Waals surface area contributed by atoms with E-state index in [1.807, 2.05) is 54.6 Å². The molecular formula is C21H15N3O. The highest BCUT2D eigenvalue weighted by Crippen LogP contribution is 2.10. The Morgan fingerprint density at radius 2 is 1.96 bits per heavy atom. The fraction of sp³-hybridized carbons (Fsp3) is 0. The SMILES string of the molecule is O=C(C=Cc1cccnc1)Nc1cccc(C#Cc2ccccn2)c1. The van der Waals surface area contributed by atoms with Gasteiger partial charge in [-0.15, -0.1) is 0 Å². The summed E-state index contributed by atoms with van der Waals surface area (Å²) in [6.45, 7) is 0. The summed E-state index contributed by atoms with van der Waals surface area (Å²) in [7, 11) is 0. The lowest BCUT2D eigenvalue weighted by atomic mass is 10.2. The van der Waals surface area contributed by atoms with Crippen LogP contribution in [-0.4, -0.2) is 15.9 Å². The molecule has 0 bridgehead atoms. The zero-order chi connectivity index (χ0) is 17.3. The molecule has 3 aromatic rings. The molecule has 0 unspecified atom stereocenters. The first-order valence-corrected chi connectivity index (χ1v) is 7.72. The van der Waals surface area contributed by atoms with Gasteiger partial charge in [0.25, 0.3) is 0 Å². The smallest absolute Gasteiger partial charge is 0.248 e. The molecule has 0 saturated carbocycles. The topological polar surface area (TPSA) is 54.9 Å². The molecule has 0 aliphatic carbocycles. The van der Waals surface area contributed by atoms with Gasteiger partial charge in [-0.1, -0.05) is 24.1 Å². The monoisotopic (exact) mass is 325 g/mol. The third kappa shape index (κ3) is 5.15. The number of aromatic nitrogens is 2. The Bertz CT molecular complexity index is 939. The molecule has 0 aliphatic heterocycles. The van der Waals surface area contributed by atoms with E-state index in [9.17, 15) is 4.79 Å². The Kier molecular flexibility index (Phi) is 5.32. The van der Waals surface area contributed by atoms with E-state index in [0.717, 1.165) is 11.1 Å². The molecule has 0 aliphatic rings. The quantitative estimate of drug-likeness (QED) is 0.592. The van der Waals surface area contributed by atoms with Crippen LogP contribution < -0.4 is 5.32 Å². The van der Waals surface area contributed by atoms with Crippen molar-refractivity contribution in [2.45, 2.75) is 0 Å². The van der Waals surface area contributed by atoms with Crippen LogP contribution in [0, 0.1) is 11.8 Å². The number of hydrogen-bond donors (Lipinski definition) is 1. The molecular weight excluding hydrogens is 310 g/mol. The predicted molar refractivity (Wildman–Crippen MR) is 98.6 cm³/mol. The molecule has 25 heavy (non-hydrogen) atoms. The molecule has 0 radical (unpaired) electrons. The minimum absolute atomic E-state index is 0.210. The van der Waals surface area contributed by atoms with Gasteiger partial charge in [-0.25, -0.2) is 4.98 Å². The Balaban J connectivity index is 1.67. The highest BCUT2D eigenvalue weighted by Gasteiger charge is 1.98. The maximum absolute atomic E-state index is 12.0. The molecule has 4 nitrogen and oxygen atoms in total. The van der Waals surface area contributed by atoms with E-state index in [1.165, 1.54) is 6.08 Å². The lowest BCUT2D eigenvalue weighted by Crippen LogP contribution is -2.07. The number of carbonyl (C=O) groups excluding carboxylic acids is 1. The van der Waals surface area contributed by atoms with Gasteiger partial charge >= 0.3 is 0 Å². The molecule has 1 N–H and O–H groups in total. The Labute approximate surface area is 146 Å². The molecule has 3 rings (SSSR count). The first-order chi connectivity index (χ1) is 12.3. The number of benzene rings is 1. The van der Waals surface area contributed by atoms with Crippen molar-refractivity contribution in [3.63, 3.8) is 0 Å². The number of anilines is 1. The van der Waals surface area contributed by atoms with Crippen LogP contribution in [-0.2, 0) is 4.79 Å². The van der Waals surface area contributed by atoms with Gasteiger partial charge in [0.15, 0.2) is 0 Å². The number of rotatable bonds is 3. The van der Waals surface area contributed by atoms with Crippen molar-refractivity contribution >= 4 is 17.7 Å². The fourth-order valence-electron chi connectivity index (χ4n) is 2.08. The minimum Gasteiger partial charge on any atom is -0.322 e. The maximum atomic E-state index is 12.0. The van der Waals surface area contributed by atoms with Crippen molar-refractivity contribution in [1.82, 2.24) is 9.97 Å². The zero-order valence-corrected chi connectivity index (χ0v) is 13.4. The number of hydrogen-bond acceptors (Lipinski definition) is 3. The van der Waals surface area contributed by atoms with Crippen molar-refractivity contribution in [2.75, 3.05) is 5.32 Å². The summed E-state index contributed by atoms with van der Waals surface area (Å²) < 4.78 is 0. The van der Waals surface area contributed by atoms with Gasteiger partial charge < -0.3 is 5.32 Å². The lowest BCUT2D eigenvalue weighted by molar-refractivity contribution is -0.111. The van der Waals surface area contributed by atoms with Crippen LogP contribution in [0.2, 0.25) is 0 Å². The first-order valence-electron chi connectivity index (χ1n) is 7.72. The largest absolute Gasteiger partial charge is 0.322 e. The fourth-order valence-corrected chi connectivity index (χ4v) is 2.08. The van der Waals surface area contributed by atoms with Gasteiger partial charge in [0.05, 0.1) is 0 Å². The van der Waals surface area contributed by atoms with Gasteiger partial charge in [-0.3, -0.25) is 9.78 Å². The Morgan fingerprint density at radius 1 is 1.00 bits per heavy atom. The summed E-state index contributed by atoms with van der Waals surface area (Å²) in [5.41, 5.74) is 3.07. The highest BCUT2D eigenvalue weighted by molar-refractivity contribution is 6.01. The van der Waals surface area contributed by atoms with Crippen LogP contribution in [0.1, 0.15) is 16.8 Å². The summed E-state index contributed by atoms with van der Waals surface area (Å²) >= 11 is 0. The molecule has 120 valence electrons. The lowest BCUT2D eigenvalue weighted by Gasteiger charge is -2.02. The second-order valence-electron chi connectivity index (χ2n) is 5.15. The van der Waals surface area contributed by atoms with Gasteiger partial charge in [0, 0.05) is 35.9 Å². The Morgan fingerprint density at radius 3 is 2.76 bits per heavy atom. The average Bonchev–Trinajstić information content (AvgIpc) is 2.67. The average molecular weight is 325 g/mol. The van der Waals surface area contributed by atoms with Gasteiger partial charge in [0.1, 0.15) is 5.69 Å². The third-order valence-corrected chi connectivity index (χ3v) is 3.24. The maximum Gasteiger partial charge on any atom is 0.248 e. The van der Waals surface area contributed by atoms with Crippen molar-refractivity contribution in [2.24, 2.45) is 0 Å². The number of nitrogens with one attached hydrogen (secondary N) is 1. The summed E-state index contributed by atoms with van der Waals surface area (Å²) in [6.07, 6.45) is 8.28. The van der Waals surface area contributed by atoms with E-state index in [2.05, 4.69) is 27.1 Å². The van der Waals surface area contributed by atoms with E-state index in [4.69, 9.17) is 0 Å². The predicted octanol–water partition coefficient (Wildman–Crippen LogP) is 3.53. The molecule has 2 aromatic heterocycles. The molecule has 0 atom stereocenters. The number of carbonyl (C=O) groups is 1. The normalized spacial score (nSPS) is 10.1. The highest BCUT2D eigenvalue weighted by atomic mass is 16.1. The first kappa shape index (κ1) is 16.2. The van der Waals surface area contributed by atoms with Crippen LogP contribution in [0.15, 0.2) is 79.3 Å². The van der Waals surface area contributed by atoms with E-state index >= 15 is 0 Å². The third-order valence-electron chi connectivity index (χ3n) is 3.24.